The van der Waals surface area contributed by atoms with Crippen molar-refractivity contribution < 1.29 is 4.73 Å². The highest BCUT2D eigenvalue weighted by molar-refractivity contribution is 5.24. The van der Waals surface area contributed by atoms with Crippen LogP contribution in [0.4, 0.5) is 0 Å². The van der Waals surface area contributed by atoms with E-state index in [2.05, 4.69) is 10.3 Å². The van der Waals surface area contributed by atoms with E-state index in [4.69, 9.17) is 0 Å². The van der Waals surface area contributed by atoms with Crippen LogP contribution in [0.2, 0.25) is 0 Å². The summed E-state index contributed by atoms with van der Waals surface area (Å²) in [5, 5.41) is 18.6. The molecule has 0 spiro atoms. The molecule has 5 heteroatoms. The fourth-order valence-corrected chi connectivity index (χ4v) is 1.03. The number of rotatable bonds is 1. The van der Waals surface area contributed by atoms with Crippen LogP contribution in [0.5, 0.6) is 0 Å². The zero-order valence-corrected chi connectivity index (χ0v) is 7.08. The first kappa shape index (κ1) is 7.72. The lowest BCUT2D eigenvalue weighted by Gasteiger charge is -2.02. The Hall–Kier alpha value is -1.91. The lowest BCUT2D eigenvalue weighted by molar-refractivity contribution is -0.612. The average Bonchev–Trinajstić information content (AvgIpc) is 2.62. The van der Waals surface area contributed by atoms with E-state index in [-0.39, 0.29) is 0 Å². The summed E-state index contributed by atoms with van der Waals surface area (Å²) in [4.78, 5) is 0. The van der Waals surface area contributed by atoms with Gasteiger partial charge in [-0.1, -0.05) is 5.21 Å². The Kier molecular flexibility index (Phi) is 1.70. The molecule has 2 aromatic heterocycles. The van der Waals surface area contributed by atoms with Crippen LogP contribution in [0.1, 0.15) is 5.69 Å². The quantitative estimate of drug-likeness (QED) is 0.461. The Bertz CT molecular complexity index is 410. The molecule has 66 valence electrons. The SMILES string of the molecule is Cc1ccc(-n2ccnn2)c[n+]1[O-]. The first-order chi connectivity index (χ1) is 6.27. The normalized spacial score (nSPS) is 10.2. The molecule has 13 heavy (non-hydrogen) atoms. The van der Waals surface area contributed by atoms with Crippen LogP contribution in [0, 0.1) is 12.1 Å². The van der Waals surface area contributed by atoms with Gasteiger partial charge in [0.1, 0.15) is 5.69 Å². The first-order valence-corrected chi connectivity index (χ1v) is 3.84. The maximum Gasteiger partial charge on any atom is 0.206 e. The molecule has 0 aliphatic heterocycles. The topological polar surface area (TPSA) is 57.7 Å². The zero-order valence-electron chi connectivity index (χ0n) is 7.08. The summed E-state index contributed by atoms with van der Waals surface area (Å²) in [5.41, 5.74) is 1.36. The molecule has 0 N–H and O–H groups in total. The van der Waals surface area contributed by atoms with Crippen LogP contribution < -0.4 is 4.73 Å². The third-order valence-corrected chi connectivity index (χ3v) is 1.78. The number of nitrogens with zero attached hydrogens (tertiary/aromatic N) is 4. The zero-order chi connectivity index (χ0) is 9.26. The van der Waals surface area contributed by atoms with Crippen molar-refractivity contribution >= 4 is 0 Å². The van der Waals surface area contributed by atoms with Crippen LogP contribution in [0.25, 0.3) is 5.69 Å². The monoisotopic (exact) mass is 176 g/mol. The molecular weight excluding hydrogens is 168 g/mol. The molecule has 0 unspecified atom stereocenters. The Morgan fingerprint density at radius 2 is 2.31 bits per heavy atom. The van der Waals surface area contributed by atoms with Gasteiger partial charge < -0.3 is 5.21 Å². The molecule has 2 rings (SSSR count). The predicted molar refractivity (Wildman–Crippen MR) is 45.1 cm³/mol. The third kappa shape index (κ3) is 1.35. The lowest BCUT2D eigenvalue weighted by atomic mass is 10.3. The van der Waals surface area contributed by atoms with E-state index in [0.717, 1.165) is 4.73 Å². The second kappa shape index (κ2) is 2.85. The minimum Gasteiger partial charge on any atom is -0.618 e. The Morgan fingerprint density at radius 3 is 2.92 bits per heavy atom. The molecule has 0 atom stereocenters. The summed E-state index contributed by atoms with van der Waals surface area (Å²) in [6.07, 6.45) is 4.71. The van der Waals surface area contributed by atoms with E-state index in [0.29, 0.717) is 11.4 Å². The minimum atomic E-state index is 0.656. The molecule has 0 aliphatic rings. The van der Waals surface area contributed by atoms with Gasteiger partial charge in [0, 0.05) is 13.0 Å². The smallest absolute Gasteiger partial charge is 0.206 e. The highest BCUT2D eigenvalue weighted by Crippen LogP contribution is 2.01. The van der Waals surface area contributed by atoms with Crippen molar-refractivity contribution in [1.29, 1.82) is 0 Å². The molecule has 0 aliphatic carbocycles. The van der Waals surface area contributed by atoms with E-state index < -0.39 is 0 Å². The summed E-state index contributed by atoms with van der Waals surface area (Å²) in [7, 11) is 0. The third-order valence-electron chi connectivity index (χ3n) is 1.78. The molecular formula is C8H8N4O. The van der Waals surface area contributed by atoms with E-state index in [1.54, 1.807) is 25.4 Å². The second-order valence-electron chi connectivity index (χ2n) is 2.70. The number of aromatic nitrogens is 4. The molecule has 0 saturated carbocycles. The molecule has 2 heterocycles. The molecule has 5 nitrogen and oxygen atoms in total. The van der Waals surface area contributed by atoms with E-state index >= 15 is 0 Å². The number of hydrogen-bond acceptors (Lipinski definition) is 3. The summed E-state index contributed by atoms with van der Waals surface area (Å²) in [6.45, 7) is 1.75. The van der Waals surface area contributed by atoms with Gasteiger partial charge in [-0.05, 0) is 6.07 Å². The fourth-order valence-electron chi connectivity index (χ4n) is 1.03. The van der Waals surface area contributed by atoms with Crippen LogP contribution >= 0.6 is 0 Å². The molecule has 0 fully saturated rings. The predicted octanol–water partition coefficient (Wildman–Crippen LogP) is 0.209. The number of hydrogen-bond donors (Lipinski definition) is 0. The van der Waals surface area contributed by atoms with Crippen molar-refractivity contribution in [2.75, 3.05) is 0 Å². The largest absolute Gasteiger partial charge is 0.618 e. The number of pyridine rings is 1. The van der Waals surface area contributed by atoms with Crippen LogP contribution in [0.15, 0.2) is 30.7 Å². The summed E-state index contributed by atoms with van der Waals surface area (Å²) < 4.78 is 2.34. The van der Waals surface area contributed by atoms with Gasteiger partial charge in [0.05, 0.1) is 12.4 Å². The van der Waals surface area contributed by atoms with Gasteiger partial charge in [-0.3, -0.25) is 0 Å². The molecule has 0 aromatic carbocycles. The second-order valence-corrected chi connectivity index (χ2v) is 2.70. The Morgan fingerprint density at radius 1 is 1.46 bits per heavy atom. The first-order valence-electron chi connectivity index (χ1n) is 3.84. The molecule has 0 saturated heterocycles. The minimum absolute atomic E-state index is 0.656. The summed E-state index contributed by atoms with van der Waals surface area (Å²) in [6, 6.07) is 3.56. The van der Waals surface area contributed by atoms with Gasteiger partial charge >= 0.3 is 0 Å². The van der Waals surface area contributed by atoms with Crippen molar-refractivity contribution in [2.24, 2.45) is 0 Å². The highest BCUT2D eigenvalue weighted by Gasteiger charge is 2.03. The van der Waals surface area contributed by atoms with Crippen LogP contribution in [-0.2, 0) is 0 Å². The van der Waals surface area contributed by atoms with Crippen molar-refractivity contribution in [3.8, 4) is 5.69 Å². The van der Waals surface area contributed by atoms with Crippen molar-refractivity contribution in [3.05, 3.63) is 41.6 Å². The van der Waals surface area contributed by atoms with Gasteiger partial charge in [0.2, 0.25) is 6.20 Å². The van der Waals surface area contributed by atoms with E-state index in [9.17, 15) is 5.21 Å². The van der Waals surface area contributed by atoms with Crippen molar-refractivity contribution in [2.45, 2.75) is 6.92 Å². The van der Waals surface area contributed by atoms with Crippen molar-refractivity contribution in [3.63, 3.8) is 0 Å². The average molecular weight is 176 g/mol. The summed E-state index contributed by atoms with van der Waals surface area (Å²) in [5.74, 6) is 0. The molecule has 0 amide bonds. The van der Waals surface area contributed by atoms with Gasteiger partial charge in [-0.25, -0.2) is 4.68 Å². The number of aryl methyl sites for hydroxylation is 1. The molecule has 2 aromatic rings. The Labute approximate surface area is 74.8 Å². The van der Waals surface area contributed by atoms with Gasteiger partial charge in [0.15, 0.2) is 5.69 Å². The highest BCUT2D eigenvalue weighted by atomic mass is 16.5. The van der Waals surface area contributed by atoms with Gasteiger partial charge in [-0.2, -0.15) is 4.73 Å². The van der Waals surface area contributed by atoms with Crippen molar-refractivity contribution in [1.82, 2.24) is 15.0 Å². The maximum absolute atomic E-state index is 11.2. The van der Waals surface area contributed by atoms with Crippen LogP contribution in [0.3, 0.4) is 0 Å². The van der Waals surface area contributed by atoms with Gasteiger partial charge in [0.25, 0.3) is 0 Å². The van der Waals surface area contributed by atoms with Gasteiger partial charge in [-0.15, -0.1) is 5.10 Å². The van der Waals surface area contributed by atoms with E-state index in [1.807, 2.05) is 6.07 Å². The standard InChI is InChI=1S/C8H8N4O/c1-7-2-3-8(6-12(7)13)11-5-4-9-10-11/h2-6H,1H3. The Balaban J connectivity index is 2.49. The maximum atomic E-state index is 11.2. The van der Waals surface area contributed by atoms with E-state index in [1.165, 1.54) is 10.9 Å². The molecule has 0 radical (unpaired) electrons. The fraction of sp³-hybridized carbons (Fsp3) is 0.125. The van der Waals surface area contributed by atoms with Crippen LogP contribution in [-0.4, -0.2) is 15.0 Å². The lowest BCUT2D eigenvalue weighted by Crippen LogP contribution is -2.29. The summed E-state index contributed by atoms with van der Waals surface area (Å²) >= 11 is 0. The molecule has 0 bridgehead atoms.